The predicted molar refractivity (Wildman–Crippen MR) is 146 cm³/mol. The highest BCUT2D eigenvalue weighted by molar-refractivity contribution is 7.99. The second-order valence-electron chi connectivity index (χ2n) is 8.34. The Bertz CT molecular complexity index is 1380. The highest BCUT2D eigenvalue weighted by Crippen LogP contribution is 2.36. The summed E-state index contributed by atoms with van der Waals surface area (Å²) in [6, 6.07) is 16.0. The molecule has 0 aliphatic carbocycles. The molecule has 180 valence electrons. The molecule has 1 N–H and O–H groups in total. The van der Waals surface area contributed by atoms with Crippen LogP contribution >= 0.6 is 23.1 Å². The summed E-state index contributed by atoms with van der Waals surface area (Å²) in [4.78, 5) is 30.3. The molecule has 0 bridgehead atoms. The van der Waals surface area contributed by atoms with Crippen molar-refractivity contribution in [3.8, 4) is 11.1 Å². The van der Waals surface area contributed by atoms with Gasteiger partial charge in [0.05, 0.1) is 17.1 Å². The number of thioether (sulfide) groups is 1. The van der Waals surface area contributed by atoms with Gasteiger partial charge in [-0.25, -0.2) is 9.78 Å². The fourth-order valence-electron chi connectivity index (χ4n) is 4.01. The lowest BCUT2D eigenvalue weighted by atomic mass is 10.0. The lowest BCUT2D eigenvalue weighted by molar-refractivity contribution is -0.115. The van der Waals surface area contributed by atoms with E-state index < -0.39 is 5.97 Å². The maximum absolute atomic E-state index is 12.8. The number of rotatable bonds is 8. The zero-order chi connectivity index (χ0) is 24.9. The Kier molecular flexibility index (Phi) is 7.88. The Balaban J connectivity index is 1.46. The van der Waals surface area contributed by atoms with Crippen molar-refractivity contribution in [2.45, 2.75) is 39.1 Å². The van der Waals surface area contributed by atoms with E-state index in [4.69, 9.17) is 9.72 Å². The number of thiophene rings is 1. The topological polar surface area (TPSA) is 68.3 Å². The molecule has 0 fully saturated rings. The van der Waals surface area contributed by atoms with Crippen molar-refractivity contribution in [2.24, 2.45) is 0 Å². The molecule has 2 heterocycles. The largest absolute Gasteiger partial charge is 0.462 e. The van der Waals surface area contributed by atoms with Gasteiger partial charge < -0.3 is 10.1 Å². The Hall–Kier alpha value is -3.16. The quantitative estimate of drug-likeness (QED) is 0.203. The van der Waals surface area contributed by atoms with E-state index in [1.807, 2.05) is 35.7 Å². The average molecular weight is 505 g/mol. The van der Waals surface area contributed by atoms with E-state index in [9.17, 15) is 9.59 Å². The van der Waals surface area contributed by atoms with Gasteiger partial charge in [-0.1, -0.05) is 42.0 Å². The van der Waals surface area contributed by atoms with E-state index in [0.29, 0.717) is 22.7 Å². The van der Waals surface area contributed by atoms with E-state index in [-0.39, 0.29) is 12.5 Å². The first kappa shape index (κ1) is 24.9. The van der Waals surface area contributed by atoms with Crippen LogP contribution in [0.5, 0.6) is 0 Å². The van der Waals surface area contributed by atoms with Crippen molar-refractivity contribution in [2.75, 3.05) is 17.7 Å². The van der Waals surface area contributed by atoms with Crippen LogP contribution in [-0.4, -0.2) is 29.2 Å². The Morgan fingerprint density at radius 3 is 2.57 bits per heavy atom. The highest BCUT2D eigenvalue weighted by Gasteiger charge is 2.22. The zero-order valence-electron chi connectivity index (χ0n) is 20.3. The Morgan fingerprint density at radius 2 is 1.83 bits per heavy atom. The van der Waals surface area contributed by atoms with Crippen LogP contribution in [0.2, 0.25) is 0 Å². The van der Waals surface area contributed by atoms with Crippen LogP contribution < -0.4 is 5.32 Å². The molecular formula is C28H28N2O3S2. The maximum atomic E-state index is 12.8. The smallest absolute Gasteiger partial charge is 0.341 e. The predicted octanol–water partition coefficient (Wildman–Crippen LogP) is 7.19. The van der Waals surface area contributed by atoms with Gasteiger partial charge in [-0.2, -0.15) is 0 Å². The summed E-state index contributed by atoms with van der Waals surface area (Å²) in [5, 5.41) is 7.41. The number of aryl methyl sites for hydroxylation is 3. The maximum Gasteiger partial charge on any atom is 0.341 e. The van der Waals surface area contributed by atoms with Gasteiger partial charge in [0.25, 0.3) is 0 Å². The second-order valence-corrected chi connectivity index (χ2v) is 10.3. The van der Waals surface area contributed by atoms with Gasteiger partial charge in [-0.05, 0) is 56.5 Å². The van der Waals surface area contributed by atoms with E-state index in [1.54, 1.807) is 18.7 Å². The number of ether oxygens (including phenoxy) is 1. The Labute approximate surface area is 213 Å². The first-order chi connectivity index (χ1) is 16.9. The molecule has 7 heteroatoms. The minimum Gasteiger partial charge on any atom is -0.462 e. The molecule has 0 unspecified atom stereocenters. The van der Waals surface area contributed by atoms with Crippen LogP contribution in [0.3, 0.4) is 0 Å². The fourth-order valence-corrected chi connectivity index (χ4v) is 5.90. The third-order valence-electron chi connectivity index (χ3n) is 5.62. The lowest BCUT2D eigenvalue weighted by Crippen LogP contribution is -2.15. The van der Waals surface area contributed by atoms with E-state index in [2.05, 4.69) is 44.3 Å². The zero-order valence-corrected chi connectivity index (χ0v) is 21.9. The molecule has 0 saturated carbocycles. The number of esters is 1. The molecule has 0 radical (unpaired) electrons. The van der Waals surface area contributed by atoms with Gasteiger partial charge in [0, 0.05) is 28.5 Å². The number of nitrogens with one attached hydrogen (secondary N) is 1. The molecule has 0 atom stereocenters. The molecule has 35 heavy (non-hydrogen) atoms. The molecule has 4 aromatic rings. The monoisotopic (exact) mass is 504 g/mol. The van der Waals surface area contributed by atoms with Gasteiger partial charge in [0.2, 0.25) is 5.91 Å². The molecular weight excluding hydrogens is 476 g/mol. The molecule has 0 aliphatic heterocycles. The van der Waals surface area contributed by atoms with Crippen molar-refractivity contribution in [3.05, 3.63) is 76.2 Å². The van der Waals surface area contributed by atoms with E-state index in [0.717, 1.165) is 27.2 Å². The summed E-state index contributed by atoms with van der Waals surface area (Å²) in [5.41, 5.74) is 6.64. The number of amides is 1. The number of carbonyl (C=O) groups is 2. The van der Waals surface area contributed by atoms with Crippen LogP contribution in [-0.2, 0) is 9.53 Å². The van der Waals surface area contributed by atoms with Crippen molar-refractivity contribution in [1.82, 2.24) is 4.98 Å². The SMILES string of the molecule is CCOC(=O)c1c(-c2ccccc2)csc1NC(=O)CCSc1cc(C)c2cc(C)cc(C)c2n1. The average Bonchev–Trinajstić information content (AvgIpc) is 3.24. The minimum absolute atomic E-state index is 0.145. The van der Waals surface area contributed by atoms with Crippen LogP contribution in [0.25, 0.3) is 22.0 Å². The second kappa shape index (κ2) is 11.1. The number of aromatic nitrogens is 1. The summed E-state index contributed by atoms with van der Waals surface area (Å²) < 4.78 is 5.28. The molecule has 2 aromatic carbocycles. The first-order valence-corrected chi connectivity index (χ1v) is 13.4. The van der Waals surface area contributed by atoms with Gasteiger partial charge in [-0.3, -0.25) is 4.79 Å². The van der Waals surface area contributed by atoms with Crippen LogP contribution in [0.4, 0.5) is 5.00 Å². The van der Waals surface area contributed by atoms with E-state index in [1.165, 1.54) is 27.8 Å². The van der Waals surface area contributed by atoms with Crippen LogP contribution in [0.15, 0.2) is 58.9 Å². The molecule has 0 spiro atoms. The molecule has 2 aromatic heterocycles. The third kappa shape index (κ3) is 5.74. The van der Waals surface area contributed by atoms with Crippen molar-refractivity contribution >= 4 is 50.9 Å². The van der Waals surface area contributed by atoms with Crippen molar-refractivity contribution in [1.29, 1.82) is 0 Å². The number of anilines is 1. The number of nitrogens with zero attached hydrogens (tertiary/aromatic N) is 1. The summed E-state index contributed by atoms with van der Waals surface area (Å²) in [5.74, 6) is 0.00733. The number of pyridine rings is 1. The first-order valence-electron chi connectivity index (χ1n) is 11.5. The Morgan fingerprint density at radius 1 is 1.06 bits per heavy atom. The third-order valence-corrected chi connectivity index (χ3v) is 7.43. The number of hydrogen-bond donors (Lipinski definition) is 1. The fraction of sp³-hybridized carbons (Fsp3) is 0.250. The van der Waals surface area contributed by atoms with Gasteiger partial charge in [0.1, 0.15) is 10.6 Å². The lowest BCUT2D eigenvalue weighted by Gasteiger charge is -2.10. The molecule has 5 nitrogen and oxygen atoms in total. The standard InChI is InChI=1S/C28H28N2O3S2/c1-5-33-28(32)25-22(20-9-7-6-8-10-20)16-35-27(25)29-23(31)11-12-34-24-15-18(3)21-14-17(2)13-19(4)26(21)30-24/h6-10,13-16H,5,11-12H2,1-4H3,(H,29,31). The number of hydrogen-bond acceptors (Lipinski definition) is 6. The number of fused-ring (bicyclic) bond motifs is 1. The molecule has 1 amide bonds. The summed E-state index contributed by atoms with van der Waals surface area (Å²) in [7, 11) is 0. The van der Waals surface area contributed by atoms with Crippen LogP contribution in [0.1, 0.15) is 40.4 Å². The summed E-state index contributed by atoms with van der Waals surface area (Å²) >= 11 is 2.90. The molecule has 0 saturated heterocycles. The number of benzene rings is 2. The van der Waals surface area contributed by atoms with Crippen molar-refractivity contribution < 1.29 is 14.3 Å². The van der Waals surface area contributed by atoms with Gasteiger partial charge in [-0.15, -0.1) is 23.1 Å². The van der Waals surface area contributed by atoms with Crippen LogP contribution in [0, 0.1) is 20.8 Å². The summed E-state index contributed by atoms with van der Waals surface area (Å²) in [6.45, 7) is 8.31. The van der Waals surface area contributed by atoms with Gasteiger partial charge >= 0.3 is 5.97 Å². The minimum atomic E-state index is -0.432. The molecule has 4 rings (SSSR count). The molecule has 0 aliphatic rings. The highest BCUT2D eigenvalue weighted by atomic mass is 32.2. The number of carbonyl (C=O) groups excluding carboxylic acids is 2. The van der Waals surface area contributed by atoms with Gasteiger partial charge in [0.15, 0.2) is 0 Å². The summed E-state index contributed by atoms with van der Waals surface area (Å²) in [6.07, 6.45) is 0.303. The van der Waals surface area contributed by atoms with Crippen molar-refractivity contribution in [3.63, 3.8) is 0 Å². The van der Waals surface area contributed by atoms with E-state index >= 15 is 0 Å². The normalized spacial score (nSPS) is 11.0.